The van der Waals surface area contributed by atoms with Gasteiger partial charge in [-0.1, -0.05) is 29.8 Å². The van der Waals surface area contributed by atoms with Crippen LogP contribution in [0.3, 0.4) is 0 Å². The van der Waals surface area contributed by atoms with Crippen LogP contribution in [-0.4, -0.2) is 19.7 Å². The number of halogens is 2. The molecule has 2 aromatic carbocycles. The van der Waals surface area contributed by atoms with Crippen molar-refractivity contribution in [2.45, 2.75) is 19.5 Å². The third kappa shape index (κ3) is 4.44. The van der Waals surface area contributed by atoms with E-state index < -0.39 is 6.35 Å². The van der Waals surface area contributed by atoms with Gasteiger partial charge < -0.3 is 24.8 Å². The van der Waals surface area contributed by atoms with Crippen LogP contribution in [0.4, 0.5) is 4.39 Å². The molecule has 0 bridgehead atoms. The van der Waals surface area contributed by atoms with E-state index in [-0.39, 0.29) is 19.2 Å². The summed E-state index contributed by atoms with van der Waals surface area (Å²) in [6.07, 6.45) is -0.501. The van der Waals surface area contributed by atoms with Gasteiger partial charge in [0.05, 0.1) is 13.2 Å². The van der Waals surface area contributed by atoms with Crippen molar-refractivity contribution in [3.8, 4) is 11.5 Å². The van der Waals surface area contributed by atoms with Crippen molar-refractivity contribution in [3.63, 3.8) is 0 Å². The Hall–Kier alpha value is -2.48. The summed E-state index contributed by atoms with van der Waals surface area (Å²) in [6, 6.07) is 13.0. The minimum atomic E-state index is -0.501. The summed E-state index contributed by atoms with van der Waals surface area (Å²) in [5.74, 6) is 1.43. The number of fused-ring (bicyclic) bond motifs is 1. The molecule has 2 aliphatic heterocycles. The molecule has 8 heteroatoms. The lowest BCUT2D eigenvalue weighted by atomic mass is 10.2. The number of rotatable bonds is 6. The molecular weight excluding hydrogens is 373 g/mol. The number of ether oxygens (including phenoxy) is 3. The Bertz CT molecular complexity index is 845. The van der Waals surface area contributed by atoms with Gasteiger partial charge in [-0.15, -0.1) is 0 Å². The van der Waals surface area contributed by atoms with E-state index in [1.807, 2.05) is 30.3 Å². The van der Waals surface area contributed by atoms with Gasteiger partial charge in [-0.2, -0.15) is 0 Å². The van der Waals surface area contributed by atoms with Gasteiger partial charge in [-0.25, -0.2) is 4.39 Å². The SMILES string of the molecule is FC1=C(NCc2ccc3c(c2)OCO3)NC(OCc2ccc(Cl)cc2)NC1. The first kappa shape index (κ1) is 17.9. The Kier molecular flexibility index (Phi) is 5.33. The van der Waals surface area contributed by atoms with Crippen LogP contribution in [0.2, 0.25) is 5.02 Å². The molecule has 142 valence electrons. The molecule has 1 unspecified atom stereocenters. The highest BCUT2D eigenvalue weighted by Crippen LogP contribution is 2.32. The predicted octanol–water partition coefficient (Wildman–Crippen LogP) is 2.99. The standard InChI is InChI=1S/C19H19ClFN3O3/c20-14-4-1-12(2-5-14)10-25-19-23-9-15(21)18(24-19)22-8-13-3-6-16-17(7-13)27-11-26-16/h1-7,19,22-24H,8-11H2. The van der Waals surface area contributed by atoms with Crippen LogP contribution in [0.5, 0.6) is 11.5 Å². The predicted molar refractivity (Wildman–Crippen MR) is 98.7 cm³/mol. The van der Waals surface area contributed by atoms with E-state index in [0.29, 0.717) is 29.7 Å². The van der Waals surface area contributed by atoms with Crippen LogP contribution in [0.25, 0.3) is 0 Å². The molecule has 0 radical (unpaired) electrons. The smallest absolute Gasteiger partial charge is 0.231 e. The van der Waals surface area contributed by atoms with Gasteiger partial charge in [-0.3, -0.25) is 5.32 Å². The van der Waals surface area contributed by atoms with Crippen molar-refractivity contribution < 1.29 is 18.6 Å². The van der Waals surface area contributed by atoms with E-state index in [1.165, 1.54) is 0 Å². The average Bonchev–Trinajstić information content (AvgIpc) is 3.15. The first-order chi connectivity index (χ1) is 13.2. The topological polar surface area (TPSA) is 63.8 Å². The van der Waals surface area contributed by atoms with Crippen molar-refractivity contribution in [2.75, 3.05) is 13.3 Å². The van der Waals surface area contributed by atoms with Crippen LogP contribution < -0.4 is 25.4 Å². The Balaban J connectivity index is 1.31. The van der Waals surface area contributed by atoms with Crippen molar-refractivity contribution in [3.05, 3.63) is 70.3 Å². The summed E-state index contributed by atoms with van der Waals surface area (Å²) in [5, 5.41) is 9.68. The molecule has 4 rings (SSSR count). The van der Waals surface area contributed by atoms with Gasteiger partial charge in [0.2, 0.25) is 6.79 Å². The maximum atomic E-state index is 14.1. The molecule has 6 nitrogen and oxygen atoms in total. The third-order valence-corrected chi connectivity index (χ3v) is 4.48. The number of hydrogen-bond donors (Lipinski definition) is 3. The van der Waals surface area contributed by atoms with Crippen LogP contribution in [0.1, 0.15) is 11.1 Å². The monoisotopic (exact) mass is 391 g/mol. The summed E-state index contributed by atoms with van der Waals surface area (Å²) < 4.78 is 30.5. The first-order valence-electron chi connectivity index (χ1n) is 8.54. The number of benzene rings is 2. The van der Waals surface area contributed by atoms with Gasteiger partial charge >= 0.3 is 0 Å². The van der Waals surface area contributed by atoms with Gasteiger partial charge in [0.25, 0.3) is 0 Å². The van der Waals surface area contributed by atoms with Crippen molar-refractivity contribution in [1.82, 2.24) is 16.0 Å². The van der Waals surface area contributed by atoms with Crippen LogP contribution in [0.15, 0.2) is 54.1 Å². The van der Waals surface area contributed by atoms with E-state index in [2.05, 4.69) is 16.0 Å². The molecule has 0 amide bonds. The molecule has 0 spiro atoms. The van der Waals surface area contributed by atoms with Crippen LogP contribution in [-0.2, 0) is 17.9 Å². The van der Waals surface area contributed by atoms with Crippen LogP contribution in [0, 0.1) is 0 Å². The highest BCUT2D eigenvalue weighted by Gasteiger charge is 2.20. The Morgan fingerprint density at radius 3 is 2.74 bits per heavy atom. The zero-order valence-electron chi connectivity index (χ0n) is 14.4. The fraction of sp³-hybridized carbons (Fsp3) is 0.263. The van der Waals surface area contributed by atoms with E-state index in [9.17, 15) is 4.39 Å². The van der Waals surface area contributed by atoms with Gasteiger partial charge in [0, 0.05) is 11.6 Å². The quantitative estimate of drug-likeness (QED) is 0.703. The summed E-state index contributed by atoms with van der Waals surface area (Å²) in [7, 11) is 0. The molecular formula is C19H19ClFN3O3. The van der Waals surface area contributed by atoms with E-state index in [1.54, 1.807) is 12.1 Å². The fourth-order valence-electron chi connectivity index (χ4n) is 2.78. The fourth-order valence-corrected chi connectivity index (χ4v) is 2.91. The molecule has 27 heavy (non-hydrogen) atoms. The van der Waals surface area contributed by atoms with E-state index in [0.717, 1.165) is 16.9 Å². The maximum Gasteiger partial charge on any atom is 0.231 e. The van der Waals surface area contributed by atoms with Crippen molar-refractivity contribution in [1.29, 1.82) is 0 Å². The molecule has 0 saturated heterocycles. The first-order valence-corrected chi connectivity index (χ1v) is 8.92. The lowest BCUT2D eigenvalue weighted by molar-refractivity contribution is -0.00490. The molecule has 0 aliphatic carbocycles. The Morgan fingerprint density at radius 2 is 1.89 bits per heavy atom. The summed E-state index contributed by atoms with van der Waals surface area (Å²) >= 11 is 5.88. The minimum absolute atomic E-state index is 0.0851. The van der Waals surface area contributed by atoms with Gasteiger partial charge in [-0.05, 0) is 35.4 Å². The largest absolute Gasteiger partial charge is 0.454 e. The van der Waals surface area contributed by atoms with Crippen molar-refractivity contribution in [2.24, 2.45) is 0 Å². The lowest BCUT2D eigenvalue weighted by Crippen LogP contribution is -2.51. The van der Waals surface area contributed by atoms with E-state index in [4.69, 9.17) is 25.8 Å². The summed E-state index contributed by atoms with van der Waals surface area (Å²) in [5.41, 5.74) is 1.94. The van der Waals surface area contributed by atoms with Gasteiger partial charge in [0.15, 0.2) is 23.7 Å². The summed E-state index contributed by atoms with van der Waals surface area (Å²) in [6.45, 7) is 1.13. The molecule has 2 aliphatic rings. The molecule has 3 N–H and O–H groups in total. The summed E-state index contributed by atoms with van der Waals surface area (Å²) in [4.78, 5) is 0. The third-order valence-electron chi connectivity index (χ3n) is 4.23. The second-order valence-electron chi connectivity index (χ2n) is 6.16. The molecule has 0 saturated carbocycles. The zero-order valence-corrected chi connectivity index (χ0v) is 15.2. The molecule has 1 atom stereocenters. The zero-order chi connectivity index (χ0) is 18.6. The maximum absolute atomic E-state index is 14.1. The van der Waals surface area contributed by atoms with Crippen LogP contribution >= 0.6 is 11.6 Å². The molecule has 0 fully saturated rings. The lowest BCUT2D eigenvalue weighted by Gasteiger charge is -2.28. The molecule has 2 heterocycles. The Labute approximate surface area is 161 Å². The normalized spacial score (nSPS) is 18.4. The number of nitrogens with one attached hydrogen (secondary N) is 3. The van der Waals surface area contributed by atoms with Gasteiger partial charge in [0.1, 0.15) is 5.82 Å². The van der Waals surface area contributed by atoms with Crippen molar-refractivity contribution >= 4 is 11.6 Å². The minimum Gasteiger partial charge on any atom is -0.454 e. The molecule has 2 aromatic rings. The van der Waals surface area contributed by atoms with E-state index >= 15 is 0 Å². The second kappa shape index (κ2) is 8.04. The highest BCUT2D eigenvalue weighted by atomic mass is 35.5. The number of hydrogen-bond acceptors (Lipinski definition) is 6. The Morgan fingerprint density at radius 1 is 1.11 bits per heavy atom. The average molecular weight is 392 g/mol. The molecule has 0 aromatic heterocycles. The second-order valence-corrected chi connectivity index (χ2v) is 6.60. The highest BCUT2D eigenvalue weighted by molar-refractivity contribution is 6.30.